The van der Waals surface area contributed by atoms with Crippen molar-refractivity contribution in [1.82, 2.24) is 4.90 Å². The van der Waals surface area contributed by atoms with E-state index in [9.17, 15) is 14.7 Å². The molecular formula is C21H21NO5. The lowest BCUT2D eigenvalue weighted by molar-refractivity contribution is -0.145. The number of nitrogens with zero attached hydrogens (tertiary/aromatic N) is 1. The second-order valence-electron chi connectivity index (χ2n) is 6.88. The molecule has 2 aromatic rings. The Morgan fingerprint density at radius 2 is 1.67 bits per heavy atom. The monoisotopic (exact) mass is 367 g/mol. The minimum atomic E-state index is -0.805. The first-order chi connectivity index (χ1) is 13.1. The van der Waals surface area contributed by atoms with Crippen LogP contribution in [-0.2, 0) is 14.3 Å². The van der Waals surface area contributed by atoms with E-state index in [-0.39, 0.29) is 25.5 Å². The number of amides is 1. The molecule has 1 N–H and O–H groups in total. The predicted molar refractivity (Wildman–Crippen MR) is 98.2 cm³/mol. The first-order valence-electron chi connectivity index (χ1n) is 8.97. The smallest absolute Gasteiger partial charge is 0.410 e. The van der Waals surface area contributed by atoms with Gasteiger partial charge in [-0.1, -0.05) is 48.5 Å². The largest absolute Gasteiger partial charge is 0.467 e. The Balaban J connectivity index is 1.52. The van der Waals surface area contributed by atoms with Crippen LogP contribution < -0.4 is 0 Å². The molecule has 0 bridgehead atoms. The van der Waals surface area contributed by atoms with Gasteiger partial charge in [0, 0.05) is 12.3 Å². The normalized spacial score (nSPS) is 20.9. The highest BCUT2D eigenvalue weighted by molar-refractivity contribution is 5.82. The fraction of sp³-hybridized carbons (Fsp3) is 0.333. The number of esters is 1. The molecule has 0 spiro atoms. The minimum absolute atomic E-state index is 0.0505. The highest BCUT2D eigenvalue weighted by atomic mass is 16.6. The van der Waals surface area contributed by atoms with Crippen LogP contribution in [0.25, 0.3) is 11.1 Å². The van der Waals surface area contributed by atoms with Crippen LogP contribution in [0.5, 0.6) is 0 Å². The number of methoxy groups -OCH3 is 1. The van der Waals surface area contributed by atoms with Crippen LogP contribution in [0, 0.1) is 0 Å². The first kappa shape index (κ1) is 17.5. The molecule has 4 rings (SSSR count). The van der Waals surface area contributed by atoms with Gasteiger partial charge in [-0.25, -0.2) is 9.59 Å². The Labute approximate surface area is 157 Å². The minimum Gasteiger partial charge on any atom is -0.467 e. The Hall–Kier alpha value is -2.86. The molecule has 1 fully saturated rings. The molecule has 27 heavy (non-hydrogen) atoms. The van der Waals surface area contributed by atoms with Crippen molar-refractivity contribution in [1.29, 1.82) is 0 Å². The first-order valence-corrected chi connectivity index (χ1v) is 8.97. The molecule has 1 heterocycles. The number of hydrogen-bond donors (Lipinski definition) is 1. The molecule has 6 nitrogen and oxygen atoms in total. The van der Waals surface area contributed by atoms with Gasteiger partial charge in [-0.3, -0.25) is 4.90 Å². The van der Waals surface area contributed by atoms with E-state index in [1.165, 1.54) is 12.0 Å². The zero-order valence-corrected chi connectivity index (χ0v) is 15.0. The average Bonchev–Trinajstić information content (AvgIpc) is 3.24. The van der Waals surface area contributed by atoms with Crippen LogP contribution in [-0.4, -0.2) is 54.5 Å². The number of carbonyl (C=O) groups is 2. The maximum absolute atomic E-state index is 12.6. The van der Waals surface area contributed by atoms with Gasteiger partial charge < -0.3 is 14.6 Å². The Morgan fingerprint density at radius 1 is 1.07 bits per heavy atom. The quantitative estimate of drug-likeness (QED) is 0.844. The third-order valence-corrected chi connectivity index (χ3v) is 5.32. The third-order valence-electron chi connectivity index (χ3n) is 5.32. The van der Waals surface area contributed by atoms with Gasteiger partial charge in [-0.15, -0.1) is 0 Å². The van der Waals surface area contributed by atoms with E-state index in [4.69, 9.17) is 9.47 Å². The summed E-state index contributed by atoms with van der Waals surface area (Å²) in [5.41, 5.74) is 4.55. The zero-order chi connectivity index (χ0) is 19.0. The predicted octanol–water partition coefficient (Wildman–Crippen LogP) is 2.54. The maximum Gasteiger partial charge on any atom is 0.410 e. The van der Waals surface area contributed by atoms with E-state index in [1.54, 1.807) is 0 Å². The number of aliphatic hydroxyl groups is 1. The number of ether oxygens (including phenoxy) is 2. The standard InChI is InChI=1S/C21H21NO5/c1-26-20(24)19-10-13(23)11-22(19)21(25)27-12-18-16-8-4-2-6-14(16)15-7-3-5-9-17(15)18/h2-9,13,18-19,23H,10-12H2,1H3/t13-,19+/m0/s1. The van der Waals surface area contributed by atoms with E-state index in [0.29, 0.717) is 0 Å². The van der Waals surface area contributed by atoms with Crippen molar-refractivity contribution in [2.45, 2.75) is 24.5 Å². The van der Waals surface area contributed by atoms with Crippen molar-refractivity contribution in [2.75, 3.05) is 20.3 Å². The fourth-order valence-electron chi connectivity index (χ4n) is 4.05. The van der Waals surface area contributed by atoms with Gasteiger partial charge in [0.05, 0.1) is 19.8 Å². The van der Waals surface area contributed by atoms with E-state index in [2.05, 4.69) is 12.1 Å². The van der Waals surface area contributed by atoms with Gasteiger partial charge in [-0.2, -0.15) is 0 Å². The van der Waals surface area contributed by atoms with Crippen molar-refractivity contribution >= 4 is 12.1 Å². The number of fused-ring (bicyclic) bond motifs is 3. The van der Waals surface area contributed by atoms with Gasteiger partial charge in [-0.05, 0) is 22.3 Å². The zero-order valence-electron chi connectivity index (χ0n) is 15.0. The summed E-state index contributed by atoms with van der Waals surface area (Å²) in [4.78, 5) is 25.7. The molecular weight excluding hydrogens is 346 g/mol. The van der Waals surface area contributed by atoms with E-state index < -0.39 is 24.2 Å². The number of β-amino-alcohol motifs (C(OH)–C–C–N with tert-alkyl or cyclic N) is 1. The fourth-order valence-corrected chi connectivity index (χ4v) is 4.05. The molecule has 140 valence electrons. The maximum atomic E-state index is 12.6. The van der Waals surface area contributed by atoms with Gasteiger partial charge >= 0.3 is 12.1 Å². The molecule has 1 amide bonds. The summed E-state index contributed by atoms with van der Waals surface area (Å²) in [5, 5.41) is 9.85. The van der Waals surface area contributed by atoms with Gasteiger partial charge in [0.1, 0.15) is 12.6 Å². The summed E-state index contributed by atoms with van der Waals surface area (Å²) in [5.74, 6) is -0.592. The van der Waals surface area contributed by atoms with Crippen LogP contribution in [0.2, 0.25) is 0 Å². The van der Waals surface area contributed by atoms with Crippen molar-refractivity contribution < 1.29 is 24.2 Å². The highest BCUT2D eigenvalue weighted by Crippen LogP contribution is 2.44. The number of aliphatic hydroxyl groups excluding tert-OH is 1. The van der Waals surface area contributed by atoms with Crippen LogP contribution in [0.3, 0.4) is 0 Å². The Kier molecular flexibility index (Phi) is 4.58. The van der Waals surface area contributed by atoms with Gasteiger partial charge in [0.2, 0.25) is 0 Å². The lowest BCUT2D eigenvalue weighted by Gasteiger charge is -2.23. The molecule has 1 saturated heterocycles. The van der Waals surface area contributed by atoms with Crippen molar-refractivity contribution in [3.05, 3.63) is 59.7 Å². The number of benzene rings is 2. The molecule has 2 aromatic carbocycles. The van der Waals surface area contributed by atoms with Crippen molar-refractivity contribution in [2.24, 2.45) is 0 Å². The van der Waals surface area contributed by atoms with E-state index in [1.807, 2.05) is 36.4 Å². The number of rotatable bonds is 3. The number of likely N-dealkylation sites (tertiary alicyclic amines) is 1. The lowest BCUT2D eigenvalue weighted by atomic mass is 9.98. The summed E-state index contributed by atoms with van der Waals surface area (Å²) in [6.07, 6.45) is -1.20. The molecule has 1 aliphatic carbocycles. The average molecular weight is 367 g/mol. The summed E-state index contributed by atoms with van der Waals surface area (Å²) in [6, 6.07) is 15.4. The van der Waals surface area contributed by atoms with Crippen molar-refractivity contribution in [3.8, 4) is 11.1 Å². The second kappa shape index (κ2) is 7.04. The van der Waals surface area contributed by atoms with Crippen LogP contribution in [0.1, 0.15) is 23.5 Å². The Bertz CT molecular complexity index is 835. The van der Waals surface area contributed by atoms with Crippen LogP contribution >= 0.6 is 0 Å². The number of carbonyl (C=O) groups excluding carboxylic acids is 2. The molecule has 0 unspecified atom stereocenters. The SMILES string of the molecule is COC(=O)[C@H]1C[C@H](O)CN1C(=O)OCC1c2ccccc2-c2ccccc21. The summed E-state index contributed by atoms with van der Waals surface area (Å²) in [7, 11) is 1.27. The van der Waals surface area contributed by atoms with Gasteiger partial charge in [0.25, 0.3) is 0 Å². The van der Waals surface area contributed by atoms with E-state index >= 15 is 0 Å². The summed E-state index contributed by atoms with van der Waals surface area (Å²) in [6.45, 7) is 0.240. The summed E-state index contributed by atoms with van der Waals surface area (Å²) < 4.78 is 10.3. The third kappa shape index (κ3) is 3.06. The molecule has 6 heteroatoms. The summed E-state index contributed by atoms with van der Waals surface area (Å²) >= 11 is 0. The number of hydrogen-bond acceptors (Lipinski definition) is 5. The topological polar surface area (TPSA) is 76.1 Å². The van der Waals surface area contributed by atoms with Crippen molar-refractivity contribution in [3.63, 3.8) is 0 Å². The molecule has 2 atom stereocenters. The molecule has 0 radical (unpaired) electrons. The Morgan fingerprint density at radius 3 is 2.26 bits per heavy atom. The molecule has 1 aliphatic heterocycles. The molecule has 2 aliphatic rings. The molecule has 0 saturated carbocycles. The highest BCUT2D eigenvalue weighted by Gasteiger charge is 2.41. The van der Waals surface area contributed by atoms with Gasteiger partial charge in [0.15, 0.2) is 0 Å². The second-order valence-corrected chi connectivity index (χ2v) is 6.88. The molecule has 0 aromatic heterocycles. The van der Waals surface area contributed by atoms with Crippen LogP contribution in [0.4, 0.5) is 4.79 Å². The van der Waals surface area contributed by atoms with E-state index in [0.717, 1.165) is 22.3 Å². The van der Waals surface area contributed by atoms with Crippen LogP contribution in [0.15, 0.2) is 48.5 Å². The lowest BCUT2D eigenvalue weighted by Crippen LogP contribution is -2.41.